The molecule has 90 valence electrons. The standard InChI is InChI=1S/C11H19N3O2/c1-13(2)12-9-7-10(15)14(11(9)16)8-5-3-4-6-8/h8-9,12H,3-7H2,1-2H3. The number of imide groups is 1. The van der Waals surface area contributed by atoms with Gasteiger partial charge in [-0.3, -0.25) is 14.5 Å². The lowest BCUT2D eigenvalue weighted by Gasteiger charge is -2.23. The van der Waals surface area contributed by atoms with Gasteiger partial charge in [0.05, 0.1) is 6.42 Å². The van der Waals surface area contributed by atoms with Crippen LogP contribution in [0.2, 0.25) is 0 Å². The molecule has 0 spiro atoms. The van der Waals surface area contributed by atoms with Crippen LogP contribution >= 0.6 is 0 Å². The van der Waals surface area contributed by atoms with Gasteiger partial charge in [-0.05, 0) is 12.8 Å². The summed E-state index contributed by atoms with van der Waals surface area (Å²) < 4.78 is 0. The zero-order chi connectivity index (χ0) is 11.7. The molecule has 0 aromatic carbocycles. The SMILES string of the molecule is CN(C)NC1CC(=O)N(C2CCCC2)C1=O. The molecule has 5 heteroatoms. The summed E-state index contributed by atoms with van der Waals surface area (Å²) in [6, 6.07) is -0.197. The summed E-state index contributed by atoms with van der Waals surface area (Å²) in [6.07, 6.45) is 4.52. The molecule has 16 heavy (non-hydrogen) atoms. The second-order valence-corrected chi connectivity index (χ2v) is 4.82. The molecule has 0 aromatic heterocycles. The van der Waals surface area contributed by atoms with Crippen LogP contribution in [0.4, 0.5) is 0 Å². The van der Waals surface area contributed by atoms with E-state index in [9.17, 15) is 9.59 Å². The number of carbonyl (C=O) groups is 2. The average Bonchev–Trinajstić information content (AvgIpc) is 2.76. The Balaban J connectivity index is 2.04. The minimum absolute atomic E-state index is 0.0174. The highest BCUT2D eigenvalue weighted by molar-refractivity contribution is 6.05. The summed E-state index contributed by atoms with van der Waals surface area (Å²) in [5.74, 6) is -0.0677. The van der Waals surface area contributed by atoms with Gasteiger partial charge >= 0.3 is 0 Å². The van der Waals surface area contributed by atoms with Gasteiger partial charge in [0.15, 0.2) is 0 Å². The van der Waals surface area contributed by atoms with E-state index in [1.165, 1.54) is 4.90 Å². The Morgan fingerprint density at radius 3 is 2.44 bits per heavy atom. The molecule has 0 aromatic rings. The van der Waals surface area contributed by atoms with Crippen molar-refractivity contribution in [2.75, 3.05) is 14.1 Å². The van der Waals surface area contributed by atoms with Crippen molar-refractivity contribution < 1.29 is 9.59 Å². The highest BCUT2D eigenvalue weighted by Crippen LogP contribution is 2.28. The third-order valence-electron chi connectivity index (χ3n) is 3.29. The largest absolute Gasteiger partial charge is 0.278 e. The van der Waals surface area contributed by atoms with Crippen molar-refractivity contribution in [2.24, 2.45) is 0 Å². The van der Waals surface area contributed by atoms with Crippen molar-refractivity contribution in [2.45, 2.75) is 44.2 Å². The maximum Gasteiger partial charge on any atom is 0.248 e. The van der Waals surface area contributed by atoms with Crippen molar-refractivity contribution in [3.63, 3.8) is 0 Å². The van der Waals surface area contributed by atoms with E-state index in [4.69, 9.17) is 0 Å². The summed E-state index contributed by atoms with van der Waals surface area (Å²) in [5.41, 5.74) is 3.00. The van der Waals surface area contributed by atoms with E-state index in [1.54, 1.807) is 5.01 Å². The molecule has 1 N–H and O–H groups in total. The average molecular weight is 225 g/mol. The van der Waals surface area contributed by atoms with Crippen LogP contribution in [0.25, 0.3) is 0 Å². The van der Waals surface area contributed by atoms with Gasteiger partial charge in [-0.25, -0.2) is 10.4 Å². The van der Waals surface area contributed by atoms with Crippen molar-refractivity contribution in [3.05, 3.63) is 0 Å². The van der Waals surface area contributed by atoms with E-state index in [0.717, 1.165) is 25.7 Å². The first-order chi connectivity index (χ1) is 7.59. The fourth-order valence-electron chi connectivity index (χ4n) is 2.61. The number of amides is 2. The maximum atomic E-state index is 12.1. The van der Waals surface area contributed by atoms with Crippen LogP contribution in [0.3, 0.4) is 0 Å². The molecule has 2 rings (SSSR count). The minimum Gasteiger partial charge on any atom is -0.278 e. The Morgan fingerprint density at radius 1 is 1.25 bits per heavy atom. The zero-order valence-corrected chi connectivity index (χ0v) is 9.90. The molecule has 1 atom stereocenters. The molecule has 1 aliphatic heterocycles. The quantitative estimate of drug-likeness (QED) is 0.547. The first-order valence-electron chi connectivity index (χ1n) is 5.89. The monoisotopic (exact) mass is 225 g/mol. The molecule has 2 aliphatic rings. The van der Waals surface area contributed by atoms with Crippen LogP contribution in [0.5, 0.6) is 0 Å². The molecule has 0 radical (unpaired) electrons. The number of hydrazine groups is 1. The zero-order valence-electron chi connectivity index (χ0n) is 9.90. The lowest BCUT2D eigenvalue weighted by molar-refractivity contribution is -0.141. The van der Waals surface area contributed by atoms with E-state index < -0.39 is 0 Å². The highest BCUT2D eigenvalue weighted by atomic mass is 16.2. The van der Waals surface area contributed by atoms with Gasteiger partial charge in [-0.1, -0.05) is 12.8 Å². The number of carbonyl (C=O) groups excluding carboxylic acids is 2. The number of hydrogen-bond donors (Lipinski definition) is 1. The van der Waals surface area contributed by atoms with E-state index in [0.29, 0.717) is 6.42 Å². The summed E-state index contributed by atoms with van der Waals surface area (Å²) in [4.78, 5) is 25.4. The lowest BCUT2D eigenvalue weighted by Crippen LogP contribution is -2.46. The molecule has 2 amide bonds. The lowest BCUT2D eigenvalue weighted by atomic mass is 10.2. The predicted octanol–water partition coefficient (Wildman–Crippen LogP) is 0.123. The van der Waals surface area contributed by atoms with E-state index in [2.05, 4.69) is 5.43 Å². The van der Waals surface area contributed by atoms with Crippen LogP contribution in [-0.2, 0) is 9.59 Å². The molecule has 2 fully saturated rings. The Hall–Kier alpha value is -0.940. The number of rotatable bonds is 3. The topological polar surface area (TPSA) is 52.7 Å². The fourth-order valence-corrected chi connectivity index (χ4v) is 2.61. The third kappa shape index (κ3) is 2.10. The van der Waals surface area contributed by atoms with Crippen molar-refractivity contribution in [3.8, 4) is 0 Å². The summed E-state index contributed by atoms with van der Waals surface area (Å²) in [7, 11) is 3.66. The van der Waals surface area contributed by atoms with Crippen LogP contribution in [0, 0.1) is 0 Å². The molecule has 1 heterocycles. The predicted molar refractivity (Wildman–Crippen MR) is 59.3 cm³/mol. The Morgan fingerprint density at radius 2 is 1.88 bits per heavy atom. The van der Waals surface area contributed by atoms with Gasteiger partial charge in [-0.15, -0.1) is 0 Å². The maximum absolute atomic E-state index is 12.1. The Bertz CT molecular complexity index is 298. The highest BCUT2D eigenvalue weighted by Gasteiger charge is 2.42. The van der Waals surface area contributed by atoms with Crippen molar-refractivity contribution >= 4 is 11.8 Å². The smallest absolute Gasteiger partial charge is 0.248 e. The van der Waals surface area contributed by atoms with Gasteiger partial charge in [0.2, 0.25) is 11.8 Å². The summed E-state index contributed by atoms with van der Waals surface area (Å²) >= 11 is 0. The molecule has 1 unspecified atom stereocenters. The van der Waals surface area contributed by atoms with Gasteiger partial charge in [-0.2, -0.15) is 0 Å². The third-order valence-corrected chi connectivity index (χ3v) is 3.29. The Labute approximate surface area is 95.7 Å². The number of hydrogen-bond acceptors (Lipinski definition) is 4. The van der Waals surface area contributed by atoms with Crippen molar-refractivity contribution in [1.82, 2.24) is 15.3 Å². The van der Waals surface area contributed by atoms with Gasteiger partial charge in [0.1, 0.15) is 6.04 Å². The fraction of sp³-hybridized carbons (Fsp3) is 0.818. The minimum atomic E-state index is -0.358. The van der Waals surface area contributed by atoms with Gasteiger partial charge < -0.3 is 0 Å². The van der Waals surface area contributed by atoms with Crippen LogP contribution in [0.15, 0.2) is 0 Å². The molecular weight excluding hydrogens is 206 g/mol. The molecule has 5 nitrogen and oxygen atoms in total. The number of likely N-dealkylation sites (tertiary alicyclic amines) is 1. The van der Waals surface area contributed by atoms with Crippen LogP contribution in [0.1, 0.15) is 32.1 Å². The second-order valence-electron chi connectivity index (χ2n) is 4.82. The van der Waals surface area contributed by atoms with Crippen molar-refractivity contribution in [1.29, 1.82) is 0 Å². The number of nitrogens with zero attached hydrogens (tertiary/aromatic N) is 2. The normalized spacial score (nSPS) is 27.4. The van der Waals surface area contributed by atoms with E-state index >= 15 is 0 Å². The Kier molecular flexibility index (Phi) is 3.25. The summed E-state index contributed by atoms with van der Waals surface area (Å²) in [6.45, 7) is 0. The first-order valence-corrected chi connectivity index (χ1v) is 5.89. The molecule has 1 saturated heterocycles. The molecular formula is C11H19N3O2. The summed E-state index contributed by atoms with van der Waals surface area (Å²) in [5, 5.41) is 1.73. The van der Waals surface area contributed by atoms with E-state index in [-0.39, 0.29) is 23.9 Å². The molecule has 1 aliphatic carbocycles. The first kappa shape index (κ1) is 11.5. The molecule has 1 saturated carbocycles. The molecule has 0 bridgehead atoms. The van der Waals surface area contributed by atoms with E-state index in [1.807, 2.05) is 14.1 Å². The van der Waals surface area contributed by atoms with Crippen LogP contribution in [-0.4, -0.2) is 47.9 Å². The number of nitrogens with one attached hydrogen (secondary N) is 1. The van der Waals surface area contributed by atoms with Gasteiger partial charge in [0.25, 0.3) is 0 Å². The van der Waals surface area contributed by atoms with Gasteiger partial charge in [0, 0.05) is 20.1 Å². The van der Waals surface area contributed by atoms with Crippen LogP contribution < -0.4 is 5.43 Å². The second kappa shape index (κ2) is 4.51.